The van der Waals surface area contributed by atoms with Crippen molar-refractivity contribution in [3.63, 3.8) is 0 Å². The average Bonchev–Trinajstić information content (AvgIpc) is 2.31. The molecule has 0 spiro atoms. The SMILES string of the molecule is CCC(CC)NCC1CCN(CC)CC1. The van der Waals surface area contributed by atoms with Crippen LogP contribution in [0.3, 0.4) is 0 Å². The summed E-state index contributed by atoms with van der Waals surface area (Å²) in [5.74, 6) is 0.924. The van der Waals surface area contributed by atoms with Gasteiger partial charge in [0.2, 0.25) is 0 Å². The second kappa shape index (κ2) is 7.24. The van der Waals surface area contributed by atoms with E-state index >= 15 is 0 Å². The van der Waals surface area contributed by atoms with Gasteiger partial charge in [-0.25, -0.2) is 0 Å². The maximum Gasteiger partial charge on any atom is 0.00619 e. The fraction of sp³-hybridized carbons (Fsp3) is 1.00. The first kappa shape index (κ1) is 13.0. The van der Waals surface area contributed by atoms with Gasteiger partial charge in [0.25, 0.3) is 0 Å². The normalized spacial score (nSPS) is 20.0. The Morgan fingerprint density at radius 1 is 1.13 bits per heavy atom. The Morgan fingerprint density at radius 2 is 1.73 bits per heavy atom. The fourth-order valence-corrected chi connectivity index (χ4v) is 2.42. The van der Waals surface area contributed by atoms with Crippen LogP contribution in [0, 0.1) is 5.92 Å². The van der Waals surface area contributed by atoms with Crippen LogP contribution >= 0.6 is 0 Å². The van der Waals surface area contributed by atoms with Crippen LogP contribution < -0.4 is 5.32 Å². The minimum atomic E-state index is 0.745. The molecule has 0 amide bonds. The minimum absolute atomic E-state index is 0.745. The third-order valence-corrected chi connectivity index (χ3v) is 3.84. The molecule has 1 saturated heterocycles. The Morgan fingerprint density at radius 3 is 2.20 bits per heavy atom. The van der Waals surface area contributed by atoms with Crippen LogP contribution in [0.5, 0.6) is 0 Å². The molecule has 1 N–H and O–H groups in total. The molecule has 2 heteroatoms. The van der Waals surface area contributed by atoms with Crippen LogP contribution in [0.2, 0.25) is 0 Å². The van der Waals surface area contributed by atoms with Crippen LogP contribution in [0.4, 0.5) is 0 Å². The van der Waals surface area contributed by atoms with Crippen molar-refractivity contribution in [1.29, 1.82) is 0 Å². The lowest BCUT2D eigenvalue weighted by atomic mass is 9.96. The molecular formula is C13H28N2. The maximum absolute atomic E-state index is 3.70. The number of rotatable bonds is 6. The van der Waals surface area contributed by atoms with E-state index in [1.165, 1.54) is 51.9 Å². The first-order valence-corrected chi connectivity index (χ1v) is 6.75. The van der Waals surface area contributed by atoms with Gasteiger partial charge in [0.15, 0.2) is 0 Å². The minimum Gasteiger partial charge on any atom is -0.314 e. The standard InChI is InChI=1S/C13H28N2/c1-4-13(5-2)14-11-12-7-9-15(6-3)10-8-12/h12-14H,4-11H2,1-3H3. The fourth-order valence-electron chi connectivity index (χ4n) is 2.42. The number of nitrogens with one attached hydrogen (secondary N) is 1. The molecule has 0 aliphatic carbocycles. The summed E-state index contributed by atoms with van der Waals surface area (Å²) in [6.45, 7) is 11.9. The van der Waals surface area contributed by atoms with Crippen molar-refractivity contribution in [2.75, 3.05) is 26.2 Å². The first-order chi connectivity index (χ1) is 7.30. The van der Waals surface area contributed by atoms with E-state index in [9.17, 15) is 0 Å². The predicted molar refractivity (Wildman–Crippen MR) is 67.2 cm³/mol. The molecule has 15 heavy (non-hydrogen) atoms. The van der Waals surface area contributed by atoms with Gasteiger partial charge in [0.05, 0.1) is 0 Å². The summed E-state index contributed by atoms with van der Waals surface area (Å²) in [5.41, 5.74) is 0. The van der Waals surface area contributed by atoms with Crippen LogP contribution in [0.25, 0.3) is 0 Å². The van der Waals surface area contributed by atoms with Gasteiger partial charge in [-0.1, -0.05) is 20.8 Å². The summed E-state index contributed by atoms with van der Waals surface area (Å²) < 4.78 is 0. The molecular weight excluding hydrogens is 184 g/mol. The Bertz CT molecular complexity index is 147. The van der Waals surface area contributed by atoms with Gasteiger partial charge in [0, 0.05) is 6.04 Å². The van der Waals surface area contributed by atoms with Crippen molar-refractivity contribution in [3.05, 3.63) is 0 Å². The van der Waals surface area contributed by atoms with Crippen molar-refractivity contribution in [2.24, 2.45) is 5.92 Å². The van der Waals surface area contributed by atoms with E-state index in [1.54, 1.807) is 0 Å². The smallest absolute Gasteiger partial charge is 0.00619 e. The lowest BCUT2D eigenvalue weighted by Gasteiger charge is -2.32. The number of hydrogen-bond donors (Lipinski definition) is 1. The average molecular weight is 212 g/mol. The Balaban J connectivity index is 2.12. The van der Waals surface area contributed by atoms with Gasteiger partial charge in [-0.15, -0.1) is 0 Å². The summed E-state index contributed by atoms with van der Waals surface area (Å²) in [5, 5.41) is 3.70. The van der Waals surface area contributed by atoms with Crippen molar-refractivity contribution < 1.29 is 0 Å². The predicted octanol–water partition coefficient (Wildman–Crippen LogP) is 2.50. The zero-order valence-corrected chi connectivity index (χ0v) is 10.8. The van der Waals surface area contributed by atoms with E-state index in [0.29, 0.717) is 0 Å². The third kappa shape index (κ3) is 4.52. The lowest BCUT2D eigenvalue weighted by molar-refractivity contribution is 0.187. The molecule has 0 saturated carbocycles. The molecule has 1 aliphatic rings. The van der Waals surface area contributed by atoms with Gasteiger partial charge in [-0.05, 0) is 57.8 Å². The van der Waals surface area contributed by atoms with Crippen molar-refractivity contribution >= 4 is 0 Å². The highest BCUT2D eigenvalue weighted by atomic mass is 15.1. The molecule has 0 aromatic rings. The van der Waals surface area contributed by atoms with Crippen LogP contribution in [-0.2, 0) is 0 Å². The summed E-state index contributed by atoms with van der Waals surface area (Å²) in [7, 11) is 0. The van der Waals surface area contributed by atoms with E-state index in [2.05, 4.69) is 31.0 Å². The Kier molecular flexibility index (Phi) is 6.26. The van der Waals surface area contributed by atoms with Crippen LogP contribution in [0.15, 0.2) is 0 Å². The zero-order chi connectivity index (χ0) is 11.1. The first-order valence-electron chi connectivity index (χ1n) is 6.75. The monoisotopic (exact) mass is 212 g/mol. The topological polar surface area (TPSA) is 15.3 Å². The molecule has 0 aromatic carbocycles. The molecule has 0 aromatic heterocycles. The quantitative estimate of drug-likeness (QED) is 0.728. The van der Waals surface area contributed by atoms with E-state index < -0.39 is 0 Å². The zero-order valence-electron chi connectivity index (χ0n) is 10.8. The highest BCUT2D eigenvalue weighted by Crippen LogP contribution is 2.16. The second-order valence-corrected chi connectivity index (χ2v) is 4.80. The number of likely N-dealkylation sites (tertiary alicyclic amines) is 1. The molecule has 1 aliphatic heterocycles. The van der Waals surface area contributed by atoms with Gasteiger partial charge in [0.1, 0.15) is 0 Å². The Labute approximate surface area is 95.4 Å². The van der Waals surface area contributed by atoms with Gasteiger partial charge < -0.3 is 10.2 Å². The summed E-state index contributed by atoms with van der Waals surface area (Å²) in [6.07, 6.45) is 5.32. The molecule has 2 nitrogen and oxygen atoms in total. The van der Waals surface area contributed by atoms with E-state index in [0.717, 1.165) is 12.0 Å². The van der Waals surface area contributed by atoms with Gasteiger partial charge >= 0.3 is 0 Å². The Hall–Kier alpha value is -0.0800. The lowest BCUT2D eigenvalue weighted by Crippen LogP contribution is -2.39. The molecule has 1 rings (SSSR count). The molecule has 1 fully saturated rings. The largest absolute Gasteiger partial charge is 0.314 e. The second-order valence-electron chi connectivity index (χ2n) is 4.80. The van der Waals surface area contributed by atoms with Crippen molar-refractivity contribution in [3.8, 4) is 0 Å². The van der Waals surface area contributed by atoms with Gasteiger partial charge in [-0.2, -0.15) is 0 Å². The number of piperidine rings is 1. The molecule has 0 atom stereocenters. The molecule has 90 valence electrons. The van der Waals surface area contributed by atoms with Gasteiger partial charge in [-0.3, -0.25) is 0 Å². The van der Waals surface area contributed by atoms with E-state index in [-0.39, 0.29) is 0 Å². The van der Waals surface area contributed by atoms with Crippen LogP contribution in [-0.4, -0.2) is 37.1 Å². The highest BCUT2D eigenvalue weighted by Gasteiger charge is 2.18. The summed E-state index contributed by atoms with van der Waals surface area (Å²) in [6, 6.07) is 0.745. The summed E-state index contributed by atoms with van der Waals surface area (Å²) >= 11 is 0. The molecule has 1 heterocycles. The van der Waals surface area contributed by atoms with Crippen molar-refractivity contribution in [1.82, 2.24) is 10.2 Å². The summed E-state index contributed by atoms with van der Waals surface area (Å²) in [4.78, 5) is 2.56. The maximum atomic E-state index is 3.70. The number of hydrogen-bond acceptors (Lipinski definition) is 2. The van der Waals surface area contributed by atoms with E-state index in [4.69, 9.17) is 0 Å². The molecule has 0 unspecified atom stereocenters. The van der Waals surface area contributed by atoms with Crippen LogP contribution in [0.1, 0.15) is 46.5 Å². The number of nitrogens with zero attached hydrogens (tertiary/aromatic N) is 1. The third-order valence-electron chi connectivity index (χ3n) is 3.84. The van der Waals surface area contributed by atoms with Crippen molar-refractivity contribution in [2.45, 2.75) is 52.5 Å². The molecule has 0 radical (unpaired) electrons. The highest BCUT2D eigenvalue weighted by molar-refractivity contribution is 4.74. The molecule has 0 bridgehead atoms. The van der Waals surface area contributed by atoms with E-state index in [1.807, 2.05) is 0 Å².